The summed E-state index contributed by atoms with van der Waals surface area (Å²) in [5, 5.41) is 20.7. The van der Waals surface area contributed by atoms with Gasteiger partial charge >= 0.3 is 0 Å². The van der Waals surface area contributed by atoms with Gasteiger partial charge in [0.1, 0.15) is 11.8 Å². The van der Waals surface area contributed by atoms with Crippen molar-refractivity contribution in [1.29, 1.82) is 5.26 Å². The van der Waals surface area contributed by atoms with Crippen LogP contribution in [-0.4, -0.2) is 11.0 Å². The number of hydrogen-bond acceptors (Lipinski definition) is 3. The molecule has 21 heavy (non-hydrogen) atoms. The SMILES string of the molecule is CCCC(C)(C)c1ccc(NC(=O)/C(C#N)=C(/C)O)cc1. The molecular weight excluding hydrogens is 264 g/mol. The third kappa shape index (κ3) is 4.35. The molecule has 0 aliphatic rings. The van der Waals surface area contributed by atoms with Gasteiger partial charge in [-0.2, -0.15) is 5.26 Å². The van der Waals surface area contributed by atoms with Crippen molar-refractivity contribution < 1.29 is 9.90 Å². The lowest BCUT2D eigenvalue weighted by atomic mass is 9.81. The largest absolute Gasteiger partial charge is 0.511 e. The number of aliphatic hydroxyl groups is 1. The van der Waals surface area contributed by atoms with Crippen molar-refractivity contribution in [1.82, 2.24) is 0 Å². The van der Waals surface area contributed by atoms with Gasteiger partial charge in [0.15, 0.2) is 5.57 Å². The van der Waals surface area contributed by atoms with Crippen LogP contribution in [0, 0.1) is 11.3 Å². The van der Waals surface area contributed by atoms with E-state index in [-0.39, 0.29) is 16.7 Å². The second-order valence-electron chi connectivity index (χ2n) is 5.74. The number of amides is 1. The van der Waals surface area contributed by atoms with E-state index in [1.807, 2.05) is 24.3 Å². The summed E-state index contributed by atoms with van der Waals surface area (Å²) in [7, 11) is 0. The Bertz CT molecular complexity index is 574. The summed E-state index contributed by atoms with van der Waals surface area (Å²) in [5.41, 5.74) is 1.63. The number of anilines is 1. The van der Waals surface area contributed by atoms with E-state index in [1.165, 1.54) is 12.5 Å². The monoisotopic (exact) mass is 286 g/mol. The van der Waals surface area contributed by atoms with Crippen molar-refractivity contribution in [2.45, 2.75) is 46.0 Å². The summed E-state index contributed by atoms with van der Waals surface area (Å²) in [6.45, 7) is 7.85. The third-order valence-corrected chi connectivity index (χ3v) is 3.50. The van der Waals surface area contributed by atoms with Crippen LogP contribution < -0.4 is 5.32 Å². The van der Waals surface area contributed by atoms with E-state index < -0.39 is 5.91 Å². The molecule has 0 aliphatic carbocycles. The Morgan fingerprint density at radius 3 is 2.33 bits per heavy atom. The summed E-state index contributed by atoms with van der Waals surface area (Å²) in [6, 6.07) is 9.27. The Balaban J connectivity index is 2.88. The number of allylic oxidation sites excluding steroid dienone is 1. The van der Waals surface area contributed by atoms with E-state index in [0.717, 1.165) is 12.8 Å². The van der Waals surface area contributed by atoms with Crippen molar-refractivity contribution in [2.75, 3.05) is 5.32 Å². The fourth-order valence-corrected chi connectivity index (χ4v) is 2.26. The highest BCUT2D eigenvalue weighted by atomic mass is 16.3. The predicted octanol–water partition coefficient (Wildman–Crippen LogP) is 4.06. The van der Waals surface area contributed by atoms with Gasteiger partial charge in [0.05, 0.1) is 0 Å². The van der Waals surface area contributed by atoms with Crippen LogP contribution in [-0.2, 0) is 10.2 Å². The molecule has 4 heteroatoms. The van der Waals surface area contributed by atoms with Gasteiger partial charge in [0.25, 0.3) is 5.91 Å². The number of carbonyl (C=O) groups is 1. The molecule has 0 heterocycles. The molecule has 0 unspecified atom stereocenters. The van der Waals surface area contributed by atoms with Crippen LogP contribution in [0.5, 0.6) is 0 Å². The normalized spacial score (nSPS) is 12.3. The Kier molecular flexibility index (Phi) is 5.54. The maximum atomic E-state index is 11.8. The highest BCUT2D eigenvalue weighted by Crippen LogP contribution is 2.29. The number of nitrogens with zero attached hydrogens (tertiary/aromatic N) is 1. The summed E-state index contributed by atoms with van der Waals surface area (Å²) in [4.78, 5) is 11.8. The van der Waals surface area contributed by atoms with Crippen LogP contribution in [0.25, 0.3) is 0 Å². The van der Waals surface area contributed by atoms with Crippen LogP contribution in [0.3, 0.4) is 0 Å². The fraction of sp³-hybridized carbons (Fsp3) is 0.412. The Hall–Kier alpha value is -2.28. The number of nitriles is 1. The predicted molar refractivity (Wildman–Crippen MR) is 83.9 cm³/mol. The van der Waals surface area contributed by atoms with Gasteiger partial charge in [-0.25, -0.2) is 0 Å². The smallest absolute Gasteiger partial charge is 0.269 e. The van der Waals surface area contributed by atoms with Crippen molar-refractivity contribution in [3.8, 4) is 6.07 Å². The van der Waals surface area contributed by atoms with Crippen molar-refractivity contribution in [2.24, 2.45) is 0 Å². The van der Waals surface area contributed by atoms with Crippen LogP contribution in [0.1, 0.15) is 46.1 Å². The van der Waals surface area contributed by atoms with Gasteiger partial charge in [-0.1, -0.05) is 39.3 Å². The zero-order valence-corrected chi connectivity index (χ0v) is 13.0. The average molecular weight is 286 g/mol. The highest BCUT2D eigenvalue weighted by molar-refractivity contribution is 6.06. The van der Waals surface area contributed by atoms with Crippen molar-refractivity contribution in [3.63, 3.8) is 0 Å². The number of rotatable bonds is 5. The lowest BCUT2D eigenvalue weighted by Gasteiger charge is -2.24. The van der Waals surface area contributed by atoms with Crippen LogP contribution >= 0.6 is 0 Å². The Labute approximate surface area is 126 Å². The maximum Gasteiger partial charge on any atom is 0.269 e. The third-order valence-electron chi connectivity index (χ3n) is 3.50. The first-order chi connectivity index (χ1) is 9.81. The second kappa shape index (κ2) is 6.94. The molecule has 4 nitrogen and oxygen atoms in total. The minimum absolute atomic E-state index is 0.0939. The molecule has 0 atom stereocenters. The van der Waals surface area contributed by atoms with E-state index in [2.05, 4.69) is 26.1 Å². The Morgan fingerprint density at radius 1 is 1.33 bits per heavy atom. The molecule has 0 radical (unpaired) electrons. The molecule has 1 rings (SSSR count). The Morgan fingerprint density at radius 2 is 1.90 bits per heavy atom. The first-order valence-corrected chi connectivity index (χ1v) is 7.03. The summed E-state index contributed by atoms with van der Waals surface area (Å²) >= 11 is 0. The van der Waals surface area contributed by atoms with E-state index in [9.17, 15) is 9.90 Å². The molecule has 0 bridgehead atoms. The summed E-state index contributed by atoms with van der Waals surface area (Å²) in [6.07, 6.45) is 2.20. The molecule has 0 aliphatic heterocycles. The number of benzene rings is 1. The minimum atomic E-state index is -0.599. The molecule has 0 saturated carbocycles. The number of carbonyl (C=O) groups excluding carboxylic acids is 1. The van der Waals surface area contributed by atoms with E-state index in [4.69, 9.17) is 5.26 Å². The average Bonchev–Trinajstić information content (AvgIpc) is 2.39. The van der Waals surface area contributed by atoms with Gasteiger partial charge < -0.3 is 10.4 Å². The van der Waals surface area contributed by atoms with Crippen LogP contribution in [0.4, 0.5) is 5.69 Å². The van der Waals surface area contributed by atoms with Gasteiger partial charge in [-0.3, -0.25) is 4.79 Å². The molecule has 1 aromatic rings. The van der Waals surface area contributed by atoms with Gasteiger partial charge in [0.2, 0.25) is 0 Å². The molecule has 1 aromatic carbocycles. The first kappa shape index (κ1) is 16.8. The maximum absolute atomic E-state index is 11.8. The van der Waals surface area contributed by atoms with Gasteiger partial charge in [-0.15, -0.1) is 0 Å². The topological polar surface area (TPSA) is 73.1 Å². The second-order valence-corrected chi connectivity index (χ2v) is 5.74. The van der Waals surface area contributed by atoms with Crippen molar-refractivity contribution in [3.05, 3.63) is 41.2 Å². The summed E-state index contributed by atoms with van der Waals surface area (Å²) in [5.74, 6) is -0.881. The highest BCUT2D eigenvalue weighted by Gasteiger charge is 2.19. The quantitative estimate of drug-likeness (QED) is 0.487. The number of nitrogens with one attached hydrogen (secondary N) is 1. The minimum Gasteiger partial charge on any atom is -0.511 e. The zero-order valence-electron chi connectivity index (χ0n) is 13.0. The molecule has 2 N–H and O–H groups in total. The van der Waals surface area contributed by atoms with Crippen molar-refractivity contribution >= 4 is 11.6 Å². The lowest BCUT2D eigenvalue weighted by molar-refractivity contribution is -0.112. The first-order valence-electron chi connectivity index (χ1n) is 7.03. The molecule has 1 amide bonds. The summed E-state index contributed by atoms with van der Waals surface area (Å²) < 4.78 is 0. The lowest BCUT2D eigenvalue weighted by Crippen LogP contribution is -2.17. The molecule has 0 aromatic heterocycles. The fourth-order valence-electron chi connectivity index (χ4n) is 2.26. The van der Waals surface area contributed by atoms with E-state index >= 15 is 0 Å². The molecule has 0 fully saturated rings. The molecule has 112 valence electrons. The van der Waals surface area contributed by atoms with Gasteiger partial charge in [-0.05, 0) is 36.5 Å². The zero-order chi connectivity index (χ0) is 16.0. The van der Waals surface area contributed by atoms with Gasteiger partial charge in [0, 0.05) is 5.69 Å². The standard InChI is InChI=1S/C17H22N2O2/c1-5-10-17(3,4)13-6-8-14(9-7-13)19-16(21)15(11-18)12(2)20/h6-9,20H,5,10H2,1-4H3,(H,19,21)/b15-12-. The van der Waals surface area contributed by atoms with Crippen LogP contribution in [0.15, 0.2) is 35.6 Å². The molecular formula is C17H22N2O2. The molecule has 0 saturated heterocycles. The van der Waals surface area contributed by atoms with E-state index in [0.29, 0.717) is 5.69 Å². The van der Waals surface area contributed by atoms with Crippen LogP contribution in [0.2, 0.25) is 0 Å². The number of aliphatic hydroxyl groups excluding tert-OH is 1. The molecule has 0 spiro atoms. The number of hydrogen-bond donors (Lipinski definition) is 2. The van der Waals surface area contributed by atoms with E-state index in [1.54, 1.807) is 6.07 Å².